The van der Waals surface area contributed by atoms with Crippen LogP contribution < -0.4 is 4.74 Å². The van der Waals surface area contributed by atoms with Crippen molar-refractivity contribution >= 4 is 29.0 Å². The van der Waals surface area contributed by atoms with Crippen LogP contribution in [0.2, 0.25) is 5.02 Å². The molecule has 0 bridgehead atoms. The molecule has 0 aromatic heterocycles. The monoisotopic (exact) mass is 334 g/mol. The van der Waals surface area contributed by atoms with E-state index in [1.54, 1.807) is 11.9 Å². The molecule has 2 rings (SSSR count). The van der Waals surface area contributed by atoms with Gasteiger partial charge in [0.25, 0.3) is 0 Å². The molecule has 0 unspecified atom stereocenters. The van der Waals surface area contributed by atoms with E-state index >= 15 is 0 Å². The summed E-state index contributed by atoms with van der Waals surface area (Å²) in [4.78, 5) is 16.4. The zero-order valence-corrected chi connectivity index (χ0v) is 11.9. The third-order valence-electron chi connectivity index (χ3n) is 2.81. The summed E-state index contributed by atoms with van der Waals surface area (Å²) in [6.07, 6.45) is -3.52. The number of aliphatic imine (C=N–C) groups is 1. The molecule has 1 N–H and O–H groups in total. The van der Waals surface area contributed by atoms with Gasteiger partial charge in [-0.3, -0.25) is 4.99 Å². The highest BCUT2D eigenvalue weighted by atomic mass is 35.5. The molecule has 0 atom stereocenters. The van der Waals surface area contributed by atoms with Crippen molar-refractivity contribution in [2.45, 2.75) is 6.36 Å². The average molecular weight is 335 g/mol. The number of carbonyl (C=O) groups is 1. The fourth-order valence-electron chi connectivity index (χ4n) is 1.84. The van der Waals surface area contributed by atoms with E-state index in [2.05, 4.69) is 9.73 Å². The molecule has 0 aliphatic carbocycles. The fraction of sp³-hybridized carbons (Fsp3) is 0.231. The quantitative estimate of drug-likeness (QED) is 0.923. The van der Waals surface area contributed by atoms with E-state index in [4.69, 9.17) is 16.7 Å². The molecular formula is C13H10ClF3N2O3. The normalized spacial score (nSPS) is 15.2. The lowest BCUT2D eigenvalue weighted by atomic mass is 10.1. The van der Waals surface area contributed by atoms with E-state index < -0.39 is 18.1 Å². The number of carboxylic acid groups (broad SMARTS) is 1. The lowest BCUT2D eigenvalue weighted by Gasteiger charge is -2.25. The molecule has 1 aromatic carbocycles. The van der Waals surface area contributed by atoms with E-state index in [9.17, 15) is 18.0 Å². The van der Waals surface area contributed by atoms with Crippen LogP contribution in [0.1, 0.15) is 5.56 Å². The number of hydrogen-bond acceptors (Lipinski definition) is 4. The van der Waals surface area contributed by atoms with Crippen LogP contribution in [0.5, 0.6) is 5.75 Å². The van der Waals surface area contributed by atoms with Gasteiger partial charge >= 0.3 is 12.3 Å². The van der Waals surface area contributed by atoms with E-state index in [-0.39, 0.29) is 17.4 Å². The van der Waals surface area contributed by atoms with Crippen LogP contribution in [0.4, 0.5) is 13.2 Å². The minimum Gasteiger partial charge on any atom is -0.477 e. The SMILES string of the molecule is CN1CN=C(C(=O)O)C=C1c1ccc(OC(F)(F)F)c(Cl)c1. The third kappa shape index (κ3) is 3.70. The van der Waals surface area contributed by atoms with Crippen LogP contribution in [0.25, 0.3) is 5.70 Å². The van der Waals surface area contributed by atoms with Gasteiger partial charge in [-0.1, -0.05) is 11.6 Å². The van der Waals surface area contributed by atoms with Crippen molar-refractivity contribution in [3.63, 3.8) is 0 Å². The smallest absolute Gasteiger partial charge is 0.477 e. The predicted octanol–water partition coefficient (Wildman–Crippen LogP) is 3.01. The van der Waals surface area contributed by atoms with Gasteiger partial charge in [0.15, 0.2) is 0 Å². The van der Waals surface area contributed by atoms with Gasteiger partial charge in [0, 0.05) is 12.7 Å². The number of aliphatic carboxylic acids is 1. The minimum atomic E-state index is -4.84. The Labute approximate surface area is 128 Å². The van der Waals surface area contributed by atoms with Gasteiger partial charge in [0.05, 0.1) is 5.02 Å². The second-order valence-corrected chi connectivity index (χ2v) is 4.82. The number of alkyl halides is 3. The van der Waals surface area contributed by atoms with Crippen LogP contribution >= 0.6 is 11.6 Å². The van der Waals surface area contributed by atoms with Crippen molar-refractivity contribution in [3.05, 3.63) is 34.9 Å². The topological polar surface area (TPSA) is 62.1 Å². The average Bonchev–Trinajstić information content (AvgIpc) is 2.40. The molecule has 22 heavy (non-hydrogen) atoms. The van der Waals surface area contributed by atoms with Gasteiger partial charge in [-0.05, 0) is 29.8 Å². The Bertz CT molecular complexity index is 671. The first-order chi connectivity index (χ1) is 10.2. The van der Waals surface area contributed by atoms with Crippen molar-refractivity contribution in [1.82, 2.24) is 4.90 Å². The maximum absolute atomic E-state index is 12.2. The minimum absolute atomic E-state index is 0.117. The lowest BCUT2D eigenvalue weighted by molar-refractivity contribution is -0.274. The largest absolute Gasteiger partial charge is 0.573 e. The summed E-state index contributed by atoms with van der Waals surface area (Å²) in [6, 6.07) is 3.71. The van der Waals surface area contributed by atoms with Crippen molar-refractivity contribution in [2.75, 3.05) is 13.7 Å². The Hall–Kier alpha value is -2.22. The molecule has 0 saturated heterocycles. The zero-order valence-electron chi connectivity index (χ0n) is 11.2. The first kappa shape index (κ1) is 16.2. The maximum atomic E-state index is 12.2. The summed E-state index contributed by atoms with van der Waals surface area (Å²) < 4.78 is 40.4. The first-order valence-electron chi connectivity index (χ1n) is 5.93. The number of rotatable bonds is 3. The Balaban J connectivity index is 2.35. The lowest BCUT2D eigenvalue weighted by Crippen LogP contribution is -2.26. The van der Waals surface area contributed by atoms with Crippen molar-refractivity contribution < 1.29 is 27.8 Å². The molecule has 1 aromatic rings. The highest BCUT2D eigenvalue weighted by Crippen LogP contribution is 2.33. The van der Waals surface area contributed by atoms with Crippen molar-refractivity contribution in [3.8, 4) is 5.75 Å². The summed E-state index contributed by atoms with van der Waals surface area (Å²) in [5.41, 5.74) is 0.795. The molecule has 0 saturated carbocycles. The Morgan fingerprint density at radius 2 is 2.14 bits per heavy atom. The summed E-state index contributed by atoms with van der Waals surface area (Å²) in [7, 11) is 1.67. The predicted molar refractivity (Wildman–Crippen MR) is 73.8 cm³/mol. The zero-order chi connectivity index (χ0) is 16.5. The summed E-state index contributed by atoms with van der Waals surface area (Å²) in [5.74, 6) is -1.71. The van der Waals surface area contributed by atoms with E-state index in [0.29, 0.717) is 11.3 Å². The van der Waals surface area contributed by atoms with Gasteiger partial charge in [0.1, 0.15) is 18.1 Å². The molecule has 9 heteroatoms. The number of ether oxygens (including phenoxy) is 1. The Kier molecular flexibility index (Phi) is 4.32. The Morgan fingerprint density at radius 3 is 2.68 bits per heavy atom. The molecule has 0 fully saturated rings. The molecule has 1 aliphatic rings. The molecule has 1 aliphatic heterocycles. The highest BCUT2D eigenvalue weighted by Gasteiger charge is 2.32. The molecule has 5 nitrogen and oxygen atoms in total. The number of benzene rings is 1. The van der Waals surface area contributed by atoms with Crippen molar-refractivity contribution in [1.29, 1.82) is 0 Å². The van der Waals surface area contributed by atoms with Crippen LogP contribution in [0, 0.1) is 0 Å². The van der Waals surface area contributed by atoms with E-state index in [1.807, 2.05) is 0 Å². The summed E-state index contributed by atoms with van der Waals surface area (Å²) in [5, 5.41) is 8.72. The second-order valence-electron chi connectivity index (χ2n) is 4.41. The molecule has 0 spiro atoms. The first-order valence-corrected chi connectivity index (χ1v) is 6.31. The van der Waals surface area contributed by atoms with E-state index in [1.165, 1.54) is 18.2 Å². The van der Waals surface area contributed by atoms with Crippen molar-refractivity contribution in [2.24, 2.45) is 4.99 Å². The van der Waals surface area contributed by atoms with Crippen LogP contribution in [-0.2, 0) is 4.79 Å². The molecular weight excluding hydrogens is 325 g/mol. The molecule has 118 valence electrons. The van der Waals surface area contributed by atoms with Gasteiger partial charge in [-0.2, -0.15) is 0 Å². The third-order valence-corrected chi connectivity index (χ3v) is 3.11. The fourth-order valence-corrected chi connectivity index (χ4v) is 2.06. The molecule has 1 heterocycles. The second kappa shape index (κ2) is 5.88. The standard InChI is InChI=1S/C13H10ClF3N2O3/c1-19-6-18-9(12(20)21)5-10(19)7-2-3-11(8(14)4-7)22-13(15,16)17/h2-5H,6H2,1H3,(H,20,21). The van der Waals surface area contributed by atoms with Gasteiger partial charge < -0.3 is 14.7 Å². The van der Waals surface area contributed by atoms with Crippen LogP contribution in [0.15, 0.2) is 29.3 Å². The van der Waals surface area contributed by atoms with Crippen LogP contribution in [-0.4, -0.2) is 41.8 Å². The molecule has 0 radical (unpaired) electrons. The van der Waals surface area contributed by atoms with E-state index in [0.717, 1.165) is 6.07 Å². The number of hydrogen-bond donors (Lipinski definition) is 1. The number of nitrogens with zero attached hydrogens (tertiary/aromatic N) is 2. The Morgan fingerprint density at radius 1 is 1.45 bits per heavy atom. The maximum Gasteiger partial charge on any atom is 0.573 e. The number of carboxylic acids is 1. The van der Waals surface area contributed by atoms with Gasteiger partial charge in [0.2, 0.25) is 0 Å². The summed E-state index contributed by atoms with van der Waals surface area (Å²) >= 11 is 5.78. The van der Waals surface area contributed by atoms with Gasteiger partial charge in [-0.25, -0.2) is 4.79 Å². The van der Waals surface area contributed by atoms with Crippen LogP contribution in [0.3, 0.4) is 0 Å². The summed E-state index contributed by atoms with van der Waals surface area (Å²) in [6.45, 7) is 0.117. The number of halogens is 4. The van der Waals surface area contributed by atoms with Gasteiger partial charge in [-0.15, -0.1) is 13.2 Å². The molecule has 0 amide bonds. The highest BCUT2D eigenvalue weighted by molar-refractivity contribution is 6.41.